The maximum atomic E-state index is 13.0. The molecule has 0 aromatic heterocycles. The zero-order valence-electron chi connectivity index (χ0n) is 17.2. The molecule has 11 nitrogen and oxygen atoms in total. The van der Waals surface area contributed by atoms with Gasteiger partial charge in [-0.1, -0.05) is 42.5 Å². The molecule has 2 aromatic carbocycles. The molecule has 0 spiro atoms. The molecular formula is C21H21N5O6. The summed E-state index contributed by atoms with van der Waals surface area (Å²) in [5.74, 6) is -0.504. The van der Waals surface area contributed by atoms with Crippen LogP contribution < -0.4 is 5.43 Å². The zero-order chi connectivity index (χ0) is 23.1. The van der Waals surface area contributed by atoms with E-state index in [0.29, 0.717) is 11.4 Å². The van der Waals surface area contributed by atoms with E-state index < -0.39 is 23.1 Å². The third kappa shape index (κ3) is 5.45. The summed E-state index contributed by atoms with van der Waals surface area (Å²) in [7, 11) is 0. The molecule has 1 aliphatic rings. The summed E-state index contributed by atoms with van der Waals surface area (Å²) < 4.78 is 5.48. The number of carbonyl (C=O) groups is 2. The minimum atomic E-state index is -0.970. The Hall–Kier alpha value is -4.28. The standard InChI is InChI=1S/C21H21N5O6/c1-14(16-10-5-6-11-17(16)26(30)31)32-21(29)25-18(12-7-13-19(27)28)22-23-20(24-25)15-8-3-2-4-9-15/h2-6,8-11,14H,7,12-13H2,1H3,(H,23,24)(H,27,28). The number of para-hydroxylation sites is 1. The highest BCUT2D eigenvalue weighted by Crippen LogP contribution is 2.27. The molecule has 1 unspecified atom stereocenters. The van der Waals surface area contributed by atoms with E-state index in [1.54, 1.807) is 30.3 Å². The van der Waals surface area contributed by atoms with Gasteiger partial charge in [0.2, 0.25) is 0 Å². The molecule has 3 rings (SSSR count). The Morgan fingerprint density at radius 1 is 1.16 bits per heavy atom. The highest BCUT2D eigenvalue weighted by molar-refractivity contribution is 6.06. The minimum Gasteiger partial charge on any atom is -0.481 e. The predicted molar refractivity (Wildman–Crippen MR) is 115 cm³/mol. The molecule has 32 heavy (non-hydrogen) atoms. The lowest BCUT2D eigenvalue weighted by Crippen LogP contribution is -2.52. The van der Waals surface area contributed by atoms with Crippen LogP contribution in [-0.2, 0) is 9.53 Å². The summed E-state index contributed by atoms with van der Waals surface area (Å²) >= 11 is 0. The Morgan fingerprint density at radius 3 is 2.53 bits per heavy atom. The van der Waals surface area contributed by atoms with Crippen LogP contribution in [-0.4, -0.2) is 38.8 Å². The van der Waals surface area contributed by atoms with Gasteiger partial charge in [0.1, 0.15) is 6.10 Å². The van der Waals surface area contributed by atoms with Gasteiger partial charge in [0.25, 0.3) is 5.69 Å². The molecule has 0 saturated carbocycles. The number of hydrazine groups is 1. The van der Waals surface area contributed by atoms with Crippen molar-refractivity contribution in [2.24, 2.45) is 10.2 Å². The number of carboxylic acid groups (broad SMARTS) is 1. The van der Waals surface area contributed by atoms with Crippen LogP contribution in [0.4, 0.5) is 10.5 Å². The second kappa shape index (κ2) is 10.2. The van der Waals surface area contributed by atoms with Gasteiger partial charge in [0.05, 0.1) is 10.5 Å². The number of benzene rings is 2. The van der Waals surface area contributed by atoms with Crippen molar-refractivity contribution < 1.29 is 24.4 Å². The average Bonchev–Trinajstić information content (AvgIpc) is 2.79. The molecule has 0 radical (unpaired) electrons. The number of carboxylic acids is 1. The highest BCUT2D eigenvalue weighted by atomic mass is 16.6. The van der Waals surface area contributed by atoms with Crippen LogP contribution >= 0.6 is 0 Å². The molecule has 2 aromatic rings. The Morgan fingerprint density at radius 2 is 1.84 bits per heavy atom. The lowest BCUT2D eigenvalue weighted by molar-refractivity contribution is -0.386. The highest BCUT2D eigenvalue weighted by Gasteiger charge is 2.29. The summed E-state index contributed by atoms with van der Waals surface area (Å²) in [5, 5.41) is 29.4. The number of nitrogens with one attached hydrogen (secondary N) is 1. The smallest absolute Gasteiger partial charge is 0.435 e. The second-order valence-electron chi connectivity index (χ2n) is 6.87. The molecule has 166 valence electrons. The maximum Gasteiger partial charge on any atom is 0.435 e. The number of nitro benzene ring substituents is 1. The number of amides is 1. The van der Waals surface area contributed by atoms with Crippen LogP contribution in [0.5, 0.6) is 0 Å². The Bertz CT molecular complexity index is 1070. The summed E-state index contributed by atoms with van der Waals surface area (Å²) in [6, 6.07) is 15.0. The number of aliphatic carboxylic acids is 1. The van der Waals surface area contributed by atoms with Crippen molar-refractivity contribution in [3.05, 3.63) is 75.8 Å². The molecule has 0 aliphatic carbocycles. The Balaban J connectivity index is 1.81. The van der Waals surface area contributed by atoms with E-state index >= 15 is 0 Å². The van der Waals surface area contributed by atoms with Gasteiger partial charge in [-0.3, -0.25) is 20.3 Å². The van der Waals surface area contributed by atoms with E-state index in [4.69, 9.17) is 9.84 Å². The van der Waals surface area contributed by atoms with Gasteiger partial charge in [-0.25, -0.2) is 4.79 Å². The third-order valence-electron chi connectivity index (χ3n) is 4.61. The van der Waals surface area contributed by atoms with Gasteiger partial charge >= 0.3 is 12.1 Å². The van der Waals surface area contributed by atoms with Crippen molar-refractivity contribution in [3.8, 4) is 0 Å². The predicted octanol–water partition coefficient (Wildman–Crippen LogP) is 3.63. The molecule has 1 aliphatic heterocycles. The van der Waals surface area contributed by atoms with Gasteiger partial charge in [0, 0.05) is 24.5 Å². The van der Waals surface area contributed by atoms with Crippen LogP contribution in [0.2, 0.25) is 0 Å². The zero-order valence-corrected chi connectivity index (χ0v) is 17.2. The molecule has 1 atom stereocenters. The number of nitro groups is 1. The Labute approximate surface area is 183 Å². The first kappa shape index (κ1) is 22.4. The molecule has 11 heteroatoms. The van der Waals surface area contributed by atoms with Crippen LogP contribution in [0.1, 0.15) is 43.4 Å². The van der Waals surface area contributed by atoms with E-state index in [-0.39, 0.29) is 36.3 Å². The number of hydrogen-bond donors (Lipinski definition) is 2. The van der Waals surface area contributed by atoms with E-state index in [1.807, 2.05) is 6.07 Å². The SMILES string of the molecule is CC(OC(=O)N1NC(c2ccccc2)=NN=C1CCCC(=O)O)c1ccccc1[N+](=O)[O-]. The summed E-state index contributed by atoms with van der Waals surface area (Å²) in [6.45, 7) is 1.53. The fraction of sp³-hybridized carbons (Fsp3) is 0.238. The van der Waals surface area contributed by atoms with Gasteiger partial charge in [-0.15, -0.1) is 10.2 Å². The van der Waals surface area contributed by atoms with Crippen LogP contribution in [0.15, 0.2) is 64.8 Å². The number of amidine groups is 2. The monoisotopic (exact) mass is 439 g/mol. The normalized spacial score (nSPS) is 14.0. The van der Waals surface area contributed by atoms with Crippen LogP contribution in [0.3, 0.4) is 0 Å². The first-order chi connectivity index (χ1) is 15.4. The summed E-state index contributed by atoms with van der Waals surface area (Å²) in [6.07, 6.45) is -1.50. The van der Waals surface area contributed by atoms with E-state index in [9.17, 15) is 19.7 Å². The lowest BCUT2D eigenvalue weighted by atomic mass is 10.1. The third-order valence-corrected chi connectivity index (χ3v) is 4.61. The fourth-order valence-electron chi connectivity index (χ4n) is 3.04. The maximum absolute atomic E-state index is 13.0. The molecule has 1 amide bonds. The Kier molecular flexibility index (Phi) is 7.11. The van der Waals surface area contributed by atoms with Crippen molar-refractivity contribution in [1.29, 1.82) is 0 Å². The van der Waals surface area contributed by atoms with Gasteiger partial charge in [-0.2, -0.15) is 5.01 Å². The van der Waals surface area contributed by atoms with Gasteiger partial charge < -0.3 is 9.84 Å². The average molecular weight is 439 g/mol. The van der Waals surface area contributed by atoms with Crippen molar-refractivity contribution in [2.45, 2.75) is 32.3 Å². The van der Waals surface area contributed by atoms with E-state index in [1.165, 1.54) is 25.1 Å². The molecule has 0 bridgehead atoms. The molecule has 2 N–H and O–H groups in total. The lowest BCUT2D eigenvalue weighted by Gasteiger charge is -2.28. The van der Waals surface area contributed by atoms with Crippen molar-refractivity contribution >= 4 is 29.4 Å². The number of nitrogens with zero attached hydrogens (tertiary/aromatic N) is 4. The number of ether oxygens (including phenoxy) is 1. The van der Waals surface area contributed by atoms with Crippen LogP contribution in [0.25, 0.3) is 0 Å². The molecule has 0 fully saturated rings. The van der Waals surface area contributed by atoms with E-state index in [2.05, 4.69) is 15.6 Å². The molecular weight excluding hydrogens is 418 g/mol. The second-order valence-corrected chi connectivity index (χ2v) is 6.87. The van der Waals surface area contributed by atoms with Gasteiger partial charge in [-0.05, 0) is 19.4 Å². The summed E-state index contributed by atoms with van der Waals surface area (Å²) in [5.41, 5.74) is 3.59. The summed E-state index contributed by atoms with van der Waals surface area (Å²) in [4.78, 5) is 34.6. The van der Waals surface area contributed by atoms with Crippen molar-refractivity contribution in [2.75, 3.05) is 0 Å². The molecule has 0 saturated heterocycles. The van der Waals surface area contributed by atoms with Crippen molar-refractivity contribution in [3.63, 3.8) is 0 Å². The quantitative estimate of drug-likeness (QED) is 0.471. The number of carbonyl (C=O) groups excluding carboxylic acids is 1. The van der Waals surface area contributed by atoms with Crippen LogP contribution in [0, 0.1) is 10.1 Å². The number of rotatable bonds is 8. The van der Waals surface area contributed by atoms with E-state index in [0.717, 1.165) is 5.01 Å². The first-order valence-corrected chi connectivity index (χ1v) is 9.79. The topological polar surface area (TPSA) is 147 Å². The number of hydrogen-bond acceptors (Lipinski definition) is 8. The molecule has 1 heterocycles. The first-order valence-electron chi connectivity index (χ1n) is 9.79. The van der Waals surface area contributed by atoms with Gasteiger partial charge in [0.15, 0.2) is 11.7 Å². The minimum absolute atomic E-state index is 0.107. The largest absolute Gasteiger partial charge is 0.481 e. The van der Waals surface area contributed by atoms with Crippen molar-refractivity contribution in [1.82, 2.24) is 10.4 Å². The fourth-order valence-corrected chi connectivity index (χ4v) is 3.04.